The molecule has 1 fully saturated rings. The first-order chi connectivity index (χ1) is 9.61. The van der Waals surface area contributed by atoms with E-state index in [2.05, 4.69) is 22.4 Å². The minimum atomic E-state index is 0.548. The second kappa shape index (κ2) is 5.58. The first-order valence-electron chi connectivity index (χ1n) is 7.03. The maximum Gasteiger partial charge on any atom is 0.208 e. The summed E-state index contributed by atoms with van der Waals surface area (Å²) in [4.78, 5) is 4.38. The van der Waals surface area contributed by atoms with E-state index in [1.54, 1.807) is 0 Å². The topological polar surface area (TPSA) is 38.1 Å². The molecular weight excluding hydrogens is 272 g/mol. The van der Waals surface area contributed by atoms with Gasteiger partial charge in [0.05, 0.1) is 12.2 Å². The summed E-state index contributed by atoms with van der Waals surface area (Å²) in [5.74, 6) is 2.32. The summed E-state index contributed by atoms with van der Waals surface area (Å²) in [5.41, 5.74) is 2.32. The predicted octanol–water partition coefficient (Wildman–Crippen LogP) is 3.98. The largest absolute Gasteiger partial charge is 0.444 e. The molecule has 1 saturated carbocycles. The van der Waals surface area contributed by atoms with Gasteiger partial charge >= 0.3 is 0 Å². The Morgan fingerprint density at radius 3 is 2.80 bits per heavy atom. The fraction of sp³-hybridized carbons (Fsp3) is 0.438. The third-order valence-electron chi connectivity index (χ3n) is 4.07. The fourth-order valence-corrected chi connectivity index (χ4v) is 2.86. The molecule has 1 heterocycles. The Hall–Kier alpha value is -1.32. The van der Waals surface area contributed by atoms with Crippen molar-refractivity contribution in [1.82, 2.24) is 10.3 Å². The van der Waals surface area contributed by atoms with E-state index in [9.17, 15) is 0 Å². The van der Waals surface area contributed by atoms with Crippen LogP contribution >= 0.6 is 11.6 Å². The summed E-state index contributed by atoms with van der Waals surface area (Å²) in [7, 11) is 0. The Morgan fingerprint density at radius 2 is 2.15 bits per heavy atom. The molecule has 0 aliphatic heterocycles. The summed E-state index contributed by atoms with van der Waals surface area (Å²) < 4.78 is 5.57. The Bertz CT molecular complexity index is 583. The van der Waals surface area contributed by atoms with Crippen LogP contribution in [0.25, 0.3) is 0 Å². The van der Waals surface area contributed by atoms with Crippen molar-refractivity contribution in [2.24, 2.45) is 0 Å². The molecule has 1 aliphatic rings. The van der Waals surface area contributed by atoms with Crippen molar-refractivity contribution in [3.63, 3.8) is 0 Å². The maximum absolute atomic E-state index is 6.03. The van der Waals surface area contributed by atoms with E-state index in [-0.39, 0.29) is 0 Å². The van der Waals surface area contributed by atoms with E-state index in [1.807, 2.05) is 26.0 Å². The number of aromatic nitrogens is 1. The van der Waals surface area contributed by atoms with Crippen LogP contribution in [0.1, 0.15) is 41.7 Å². The molecule has 106 valence electrons. The summed E-state index contributed by atoms with van der Waals surface area (Å²) in [6, 6.07) is 8.73. The average Bonchev–Trinajstić information content (AvgIpc) is 2.67. The molecule has 0 unspecified atom stereocenters. The van der Waals surface area contributed by atoms with E-state index < -0.39 is 0 Å². The number of nitrogens with one attached hydrogen (secondary N) is 1. The third-order valence-corrected chi connectivity index (χ3v) is 4.31. The van der Waals surface area contributed by atoms with Crippen LogP contribution in [0.15, 0.2) is 28.7 Å². The van der Waals surface area contributed by atoms with Crippen LogP contribution in [0.2, 0.25) is 5.02 Å². The number of halogens is 1. The van der Waals surface area contributed by atoms with E-state index in [0.717, 1.165) is 35.2 Å². The Labute approximate surface area is 124 Å². The minimum absolute atomic E-state index is 0.548. The zero-order chi connectivity index (χ0) is 14.1. The highest BCUT2D eigenvalue weighted by atomic mass is 35.5. The van der Waals surface area contributed by atoms with Gasteiger partial charge in [0, 0.05) is 11.1 Å². The van der Waals surface area contributed by atoms with Gasteiger partial charge in [-0.1, -0.05) is 23.7 Å². The van der Waals surface area contributed by atoms with Gasteiger partial charge in [-0.15, -0.1) is 0 Å². The number of oxazole rings is 1. The first-order valence-corrected chi connectivity index (χ1v) is 7.41. The van der Waals surface area contributed by atoms with Gasteiger partial charge in [0.2, 0.25) is 5.89 Å². The summed E-state index contributed by atoms with van der Waals surface area (Å²) >= 11 is 6.03. The molecule has 0 atom stereocenters. The molecule has 1 aromatic carbocycles. The van der Waals surface area contributed by atoms with E-state index in [4.69, 9.17) is 16.0 Å². The van der Waals surface area contributed by atoms with Crippen molar-refractivity contribution in [3.8, 4) is 0 Å². The highest BCUT2D eigenvalue weighted by molar-refractivity contribution is 6.30. The second-order valence-electron chi connectivity index (χ2n) is 5.55. The van der Waals surface area contributed by atoms with Crippen LogP contribution in [-0.2, 0) is 6.54 Å². The lowest BCUT2D eigenvalue weighted by atomic mass is 9.76. The molecule has 20 heavy (non-hydrogen) atoms. The van der Waals surface area contributed by atoms with Gasteiger partial charge in [-0.05, 0) is 50.3 Å². The van der Waals surface area contributed by atoms with Gasteiger partial charge in [-0.2, -0.15) is 0 Å². The van der Waals surface area contributed by atoms with Crippen molar-refractivity contribution in [2.45, 2.75) is 45.2 Å². The molecule has 2 aromatic rings. The number of hydrogen-bond donors (Lipinski definition) is 1. The molecule has 0 spiro atoms. The zero-order valence-electron chi connectivity index (χ0n) is 11.8. The molecule has 0 amide bonds. The number of aryl methyl sites for hydroxylation is 2. The van der Waals surface area contributed by atoms with Crippen molar-refractivity contribution in [1.29, 1.82) is 0 Å². The Balaban J connectivity index is 1.49. The monoisotopic (exact) mass is 290 g/mol. The van der Waals surface area contributed by atoms with E-state index >= 15 is 0 Å². The molecule has 0 radical (unpaired) electrons. The molecule has 1 aromatic heterocycles. The van der Waals surface area contributed by atoms with Gasteiger partial charge in [0.15, 0.2) is 0 Å². The third kappa shape index (κ3) is 2.89. The zero-order valence-corrected chi connectivity index (χ0v) is 12.6. The SMILES string of the molecule is Cc1nc(CNC2CC(c3cccc(Cl)c3)C2)oc1C. The van der Waals surface area contributed by atoms with Crippen molar-refractivity contribution in [3.05, 3.63) is 52.2 Å². The van der Waals surface area contributed by atoms with Crippen molar-refractivity contribution in [2.75, 3.05) is 0 Å². The minimum Gasteiger partial charge on any atom is -0.444 e. The molecule has 4 heteroatoms. The van der Waals surface area contributed by atoms with Crippen LogP contribution in [0, 0.1) is 13.8 Å². The number of nitrogens with zero attached hydrogens (tertiary/aromatic N) is 1. The second-order valence-corrected chi connectivity index (χ2v) is 5.99. The van der Waals surface area contributed by atoms with Crippen LogP contribution in [-0.4, -0.2) is 11.0 Å². The van der Waals surface area contributed by atoms with Crippen LogP contribution in [0.3, 0.4) is 0 Å². The van der Waals surface area contributed by atoms with Gasteiger partial charge in [-0.25, -0.2) is 4.98 Å². The van der Waals surface area contributed by atoms with Crippen molar-refractivity contribution < 1.29 is 4.42 Å². The van der Waals surface area contributed by atoms with E-state index in [0.29, 0.717) is 18.5 Å². The van der Waals surface area contributed by atoms with Crippen LogP contribution in [0.4, 0.5) is 0 Å². The van der Waals surface area contributed by atoms with Gasteiger partial charge in [-0.3, -0.25) is 0 Å². The van der Waals surface area contributed by atoms with Crippen LogP contribution < -0.4 is 5.32 Å². The highest BCUT2D eigenvalue weighted by Crippen LogP contribution is 2.37. The number of hydrogen-bond acceptors (Lipinski definition) is 3. The molecule has 1 N–H and O–H groups in total. The van der Waals surface area contributed by atoms with Gasteiger partial charge in [0.1, 0.15) is 5.76 Å². The fourth-order valence-electron chi connectivity index (χ4n) is 2.66. The molecule has 3 nitrogen and oxygen atoms in total. The maximum atomic E-state index is 6.03. The Morgan fingerprint density at radius 1 is 1.35 bits per heavy atom. The van der Waals surface area contributed by atoms with Crippen molar-refractivity contribution >= 4 is 11.6 Å². The quantitative estimate of drug-likeness (QED) is 0.925. The lowest BCUT2D eigenvalue weighted by Gasteiger charge is -2.36. The Kier molecular flexibility index (Phi) is 3.81. The normalized spacial score (nSPS) is 21.8. The first kappa shape index (κ1) is 13.7. The summed E-state index contributed by atoms with van der Waals surface area (Å²) in [6.45, 7) is 4.63. The molecular formula is C16H19ClN2O. The molecule has 1 aliphatic carbocycles. The average molecular weight is 291 g/mol. The lowest BCUT2D eigenvalue weighted by Crippen LogP contribution is -2.39. The van der Waals surface area contributed by atoms with Gasteiger partial charge < -0.3 is 9.73 Å². The summed E-state index contributed by atoms with van der Waals surface area (Å²) in [6.07, 6.45) is 2.30. The highest BCUT2D eigenvalue weighted by Gasteiger charge is 2.30. The van der Waals surface area contributed by atoms with E-state index in [1.165, 1.54) is 5.56 Å². The van der Waals surface area contributed by atoms with Crippen LogP contribution in [0.5, 0.6) is 0 Å². The lowest BCUT2D eigenvalue weighted by molar-refractivity contribution is 0.279. The standard InChI is InChI=1S/C16H19ClN2O/c1-10-11(2)20-16(19-10)9-18-15-7-13(8-15)12-4-3-5-14(17)6-12/h3-6,13,15,18H,7-9H2,1-2H3. The van der Waals surface area contributed by atoms with Gasteiger partial charge in [0.25, 0.3) is 0 Å². The number of benzene rings is 1. The molecule has 3 rings (SSSR count). The smallest absolute Gasteiger partial charge is 0.208 e. The molecule has 0 saturated heterocycles. The molecule has 0 bridgehead atoms. The predicted molar refractivity (Wildman–Crippen MR) is 80.0 cm³/mol. The number of rotatable bonds is 4. The summed E-state index contributed by atoms with van der Waals surface area (Å²) in [5, 5.41) is 4.32.